The van der Waals surface area contributed by atoms with Crippen molar-refractivity contribution in [3.8, 4) is 5.82 Å². The minimum atomic E-state index is -4.64. The Bertz CT molecular complexity index is 1140. The number of carbonyl (C=O) groups is 2. The second-order valence-electron chi connectivity index (χ2n) is 7.06. The van der Waals surface area contributed by atoms with E-state index in [1.54, 1.807) is 33.2 Å². The first-order valence-corrected chi connectivity index (χ1v) is 9.62. The first-order chi connectivity index (χ1) is 15.0. The highest BCUT2D eigenvalue weighted by molar-refractivity contribution is 6.31. The molecule has 2 heterocycles. The van der Waals surface area contributed by atoms with Gasteiger partial charge in [0, 0.05) is 30.9 Å². The predicted molar refractivity (Wildman–Crippen MR) is 110 cm³/mol. The molecular weight excluding hydrogens is 449 g/mol. The van der Waals surface area contributed by atoms with Crippen molar-refractivity contribution in [1.82, 2.24) is 30.0 Å². The smallest absolute Gasteiger partial charge is 0.345 e. The summed E-state index contributed by atoms with van der Waals surface area (Å²) in [6.45, 7) is 1.59. The number of halogens is 4. The van der Waals surface area contributed by atoms with Gasteiger partial charge < -0.3 is 10.2 Å². The van der Waals surface area contributed by atoms with E-state index < -0.39 is 23.7 Å². The molecule has 0 radical (unpaired) electrons. The summed E-state index contributed by atoms with van der Waals surface area (Å²) in [4.78, 5) is 34.3. The van der Waals surface area contributed by atoms with Crippen molar-refractivity contribution in [2.24, 2.45) is 0 Å². The lowest BCUT2D eigenvalue weighted by Gasteiger charge is -2.16. The fraction of sp³-hybridized carbons (Fsp3) is 0.250. The molecule has 0 aliphatic carbocycles. The Morgan fingerprint density at radius 3 is 2.44 bits per heavy atom. The minimum absolute atomic E-state index is 0.211. The van der Waals surface area contributed by atoms with Crippen LogP contribution in [0.25, 0.3) is 5.82 Å². The third kappa shape index (κ3) is 5.05. The van der Waals surface area contributed by atoms with Gasteiger partial charge in [0.05, 0.1) is 17.2 Å². The van der Waals surface area contributed by atoms with Crippen LogP contribution in [0, 0.1) is 0 Å². The number of carbonyl (C=O) groups excluding carboxylic acids is 2. The van der Waals surface area contributed by atoms with Crippen molar-refractivity contribution in [3.63, 3.8) is 0 Å². The highest BCUT2D eigenvalue weighted by atomic mass is 35.5. The van der Waals surface area contributed by atoms with E-state index in [2.05, 4.69) is 20.4 Å². The lowest BCUT2D eigenvalue weighted by atomic mass is 10.1. The van der Waals surface area contributed by atoms with Gasteiger partial charge in [-0.25, -0.2) is 9.97 Å². The molecule has 168 valence electrons. The number of benzene rings is 1. The first kappa shape index (κ1) is 23.2. The zero-order valence-electron chi connectivity index (χ0n) is 17.2. The third-order valence-corrected chi connectivity index (χ3v) is 4.63. The highest BCUT2D eigenvalue weighted by Gasteiger charge is 2.32. The Labute approximate surface area is 186 Å². The van der Waals surface area contributed by atoms with E-state index in [1.807, 2.05) is 0 Å². The molecule has 0 aliphatic heterocycles. The van der Waals surface area contributed by atoms with Gasteiger partial charge in [-0.15, -0.1) is 0 Å². The lowest BCUT2D eigenvalue weighted by Crippen LogP contribution is -2.29. The van der Waals surface area contributed by atoms with Crippen molar-refractivity contribution in [2.45, 2.75) is 19.1 Å². The molecule has 0 saturated carbocycles. The zero-order chi connectivity index (χ0) is 23.6. The summed E-state index contributed by atoms with van der Waals surface area (Å²) in [6.07, 6.45) is -2.01. The molecule has 2 amide bonds. The largest absolute Gasteiger partial charge is 0.416 e. The number of aromatic nitrogens is 4. The van der Waals surface area contributed by atoms with Crippen molar-refractivity contribution >= 4 is 23.4 Å². The normalized spacial score (nSPS) is 12.3. The molecule has 0 spiro atoms. The number of nitrogens with zero attached hydrogens (tertiary/aromatic N) is 5. The molecule has 32 heavy (non-hydrogen) atoms. The van der Waals surface area contributed by atoms with E-state index in [1.165, 1.54) is 22.1 Å². The maximum atomic E-state index is 13.0. The van der Waals surface area contributed by atoms with Gasteiger partial charge in [-0.05, 0) is 37.3 Å². The van der Waals surface area contributed by atoms with Gasteiger partial charge >= 0.3 is 6.18 Å². The van der Waals surface area contributed by atoms with Gasteiger partial charge in [0.2, 0.25) is 0 Å². The molecule has 1 N–H and O–H groups in total. The Balaban J connectivity index is 1.82. The van der Waals surface area contributed by atoms with Crippen LogP contribution >= 0.6 is 11.6 Å². The summed E-state index contributed by atoms with van der Waals surface area (Å²) in [6, 6.07) is 5.02. The average molecular weight is 467 g/mol. The van der Waals surface area contributed by atoms with Crippen LogP contribution in [0.5, 0.6) is 0 Å². The lowest BCUT2D eigenvalue weighted by molar-refractivity contribution is -0.137. The SMILES string of the molecule is CC(NC(=O)c1cc(Cl)cc(C(F)(F)F)c1)c1ncnn1-c1ccc(C(=O)N(C)C)cn1. The predicted octanol–water partition coefficient (Wildman–Crippen LogP) is 3.53. The fourth-order valence-corrected chi connectivity index (χ4v) is 3.08. The molecule has 2 aromatic heterocycles. The molecular formula is C20H18ClF3N6O2. The van der Waals surface area contributed by atoms with Crippen molar-refractivity contribution in [2.75, 3.05) is 14.1 Å². The number of hydrogen-bond donors (Lipinski definition) is 1. The second kappa shape index (κ2) is 8.95. The van der Waals surface area contributed by atoms with E-state index in [0.29, 0.717) is 11.4 Å². The van der Waals surface area contributed by atoms with E-state index >= 15 is 0 Å². The summed E-state index contributed by atoms with van der Waals surface area (Å²) >= 11 is 5.75. The number of alkyl halides is 3. The number of nitrogens with one attached hydrogen (secondary N) is 1. The molecule has 3 rings (SSSR count). The van der Waals surface area contributed by atoms with Crippen LogP contribution in [-0.4, -0.2) is 50.6 Å². The molecule has 8 nitrogen and oxygen atoms in total. The molecule has 0 bridgehead atoms. The molecule has 1 atom stereocenters. The summed E-state index contributed by atoms with van der Waals surface area (Å²) in [7, 11) is 3.24. The van der Waals surface area contributed by atoms with E-state index in [4.69, 9.17) is 11.6 Å². The Morgan fingerprint density at radius 1 is 1.12 bits per heavy atom. The molecule has 3 aromatic rings. The molecule has 12 heteroatoms. The maximum absolute atomic E-state index is 13.0. The van der Waals surface area contributed by atoms with Crippen LogP contribution in [0.4, 0.5) is 13.2 Å². The molecule has 1 aromatic carbocycles. The number of amides is 2. The van der Waals surface area contributed by atoms with E-state index in [0.717, 1.165) is 18.2 Å². The van der Waals surface area contributed by atoms with Crippen molar-refractivity contribution in [1.29, 1.82) is 0 Å². The van der Waals surface area contributed by atoms with E-state index in [9.17, 15) is 22.8 Å². The van der Waals surface area contributed by atoms with Crippen LogP contribution in [0.2, 0.25) is 5.02 Å². The Hall–Kier alpha value is -3.47. The van der Waals surface area contributed by atoms with Crippen LogP contribution in [0.15, 0.2) is 42.9 Å². The van der Waals surface area contributed by atoms with Crippen LogP contribution in [0.1, 0.15) is 45.1 Å². The summed E-state index contributed by atoms with van der Waals surface area (Å²) in [5.74, 6) is -0.352. The molecule has 0 fully saturated rings. The number of hydrogen-bond acceptors (Lipinski definition) is 5. The fourth-order valence-electron chi connectivity index (χ4n) is 2.85. The van der Waals surface area contributed by atoms with Gasteiger partial charge in [0.15, 0.2) is 11.6 Å². The van der Waals surface area contributed by atoms with Gasteiger partial charge in [0.25, 0.3) is 11.8 Å². The number of pyridine rings is 1. The second-order valence-corrected chi connectivity index (χ2v) is 7.49. The standard InChI is InChI=1S/C20H18ClF3N6O2/c1-11(28-18(31)13-6-14(20(22,23)24)8-15(21)7-13)17-26-10-27-30(17)16-5-4-12(9-25-16)19(32)29(2)3/h4-11H,1-3H3,(H,28,31). The van der Waals surface area contributed by atoms with Crippen LogP contribution in [0.3, 0.4) is 0 Å². The topological polar surface area (TPSA) is 93.0 Å². The summed E-state index contributed by atoms with van der Waals surface area (Å²) in [5, 5.41) is 6.46. The highest BCUT2D eigenvalue weighted by Crippen LogP contribution is 2.32. The first-order valence-electron chi connectivity index (χ1n) is 9.24. The van der Waals surface area contributed by atoms with E-state index in [-0.39, 0.29) is 22.3 Å². The van der Waals surface area contributed by atoms with Crippen LogP contribution < -0.4 is 5.32 Å². The monoisotopic (exact) mass is 466 g/mol. The van der Waals surface area contributed by atoms with Crippen molar-refractivity contribution in [3.05, 3.63) is 70.4 Å². The minimum Gasteiger partial charge on any atom is -0.345 e. The van der Waals surface area contributed by atoms with Crippen molar-refractivity contribution < 1.29 is 22.8 Å². The molecule has 0 saturated heterocycles. The molecule has 1 unspecified atom stereocenters. The van der Waals surface area contributed by atoms with Gasteiger partial charge in [-0.2, -0.15) is 23.0 Å². The van der Waals surface area contributed by atoms with Crippen LogP contribution in [-0.2, 0) is 6.18 Å². The van der Waals surface area contributed by atoms with Gasteiger partial charge in [0.1, 0.15) is 6.33 Å². The summed E-state index contributed by atoms with van der Waals surface area (Å²) < 4.78 is 40.4. The zero-order valence-corrected chi connectivity index (χ0v) is 17.9. The Kier molecular flexibility index (Phi) is 6.49. The quantitative estimate of drug-likeness (QED) is 0.621. The maximum Gasteiger partial charge on any atom is 0.416 e. The van der Waals surface area contributed by atoms with Gasteiger partial charge in [-0.1, -0.05) is 11.6 Å². The average Bonchev–Trinajstić information content (AvgIpc) is 3.22. The summed E-state index contributed by atoms with van der Waals surface area (Å²) in [5.41, 5.74) is -0.891. The van der Waals surface area contributed by atoms with Gasteiger partial charge in [-0.3, -0.25) is 9.59 Å². The Morgan fingerprint density at radius 2 is 1.84 bits per heavy atom. The third-order valence-electron chi connectivity index (χ3n) is 4.41. The number of rotatable bonds is 5. The molecule has 0 aliphatic rings.